The van der Waals surface area contributed by atoms with Gasteiger partial charge in [-0.2, -0.15) is 0 Å². The van der Waals surface area contributed by atoms with Crippen LogP contribution in [0.1, 0.15) is 53.6 Å². The van der Waals surface area contributed by atoms with Gasteiger partial charge in [0, 0.05) is 23.6 Å². The van der Waals surface area contributed by atoms with Crippen molar-refractivity contribution in [3.8, 4) is 0 Å². The number of aryl methyl sites for hydroxylation is 2. The molecule has 2 aliphatic rings. The molecule has 0 amide bonds. The number of fused-ring (bicyclic) bond motifs is 2. The number of hydrogen-bond acceptors (Lipinski definition) is 2. The Balaban J connectivity index is 1.81. The molecule has 2 unspecified atom stereocenters. The molecule has 0 spiro atoms. The van der Waals surface area contributed by atoms with Gasteiger partial charge in [-0.3, -0.25) is 4.79 Å². The Labute approximate surface area is 122 Å². The molecule has 0 aliphatic carbocycles. The van der Waals surface area contributed by atoms with Crippen molar-refractivity contribution in [3.63, 3.8) is 0 Å². The number of rotatable bonds is 2. The molecule has 2 saturated heterocycles. The molecule has 0 aromatic heterocycles. The van der Waals surface area contributed by atoms with Crippen LogP contribution in [0.5, 0.6) is 0 Å². The van der Waals surface area contributed by atoms with E-state index >= 15 is 0 Å². The lowest BCUT2D eigenvalue weighted by atomic mass is 9.75. The molecule has 0 radical (unpaired) electrons. The number of Topliss-reactive ketones (excluding diaryl/α,β-unsaturated/α-hetero) is 1. The van der Waals surface area contributed by atoms with Crippen molar-refractivity contribution in [2.75, 3.05) is 7.05 Å². The number of carbonyl (C=O) groups excluding carboxylic acids is 1. The Morgan fingerprint density at radius 2 is 1.80 bits per heavy atom. The van der Waals surface area contributed by atoms with Crippen LogP contribution in [-0.4, -0.2) is 29.8 Å². The zero-order chi connectivity index (χ0) is 14.3. The van der Waals surface area contributed by atoms with Crippen LogP contribution in [0, 0.1) is 19.8 Å². The molecule has 1 aromatic carbocycles. The van der Waals surface area contributed by atoms with Crippen LogP contribution in [-0.2, 0) is 0 Å². The summed E-state index contributed by atoms with van der Waals surface area (Å²) in [5.41, 5.74) is 3.32. The molecule has 2 aliphatic heterocycles. The van der Waals surface area contributed by atoms with E-state index in [0.29, 0.717) is 17.9 Å². The van der Waals surface area contributed by atoms with E-state index in [2.05, 4.69) is 37.9 Å². The van der Waals surface area contributed by atoms with E-state index in [4.69, 9.17) is 0 Å². The lowest BCUT2D eigenvalue weighted by molar-refractivity contribution is 0.0338. The molecule has 2 bridgehead atoms. The van der Waals surface area contributed by atoms with Gasteiger partial charge < -0.3 is 4.90 Å². The Bertz CT molecular complexity index is 508. The zero-order valence-electron chi connectivity index (χ0n) is 12.9. The van der Waals surface area contributed by atoms with E-state index in [1.807, 2.05) is 6.07 Å². The maximum absolute atomic E-state index is 12.9. The van der Waals surface area contributed by atoms with Crippen LogP contribution >= 0.6 is 0 Å². The molecule has 20 heavy (non-hydrogen) atoms. The number of carbonyl (C=O) groups is 1. The third-order valence-corrected chi connectivity index (χ3v) is 5.36. The number of ketones is 1. The maximum Gasteiger partial charge on any atom is 0.166 e. The van der Waals surface area contributed by atoms with Crippen molar-refractivity contribution >= 4 is 5.78 Å². The molecule has 2 heterocycles. The highest BCUT2D eigenvalue weighted by Crippen LogP contribution is 2.37. The van der Waals surface area contributed by atoms with Crippen molar-refractivity contribution in [1.29, 1.82) is 0 Å². The summed E-state index contributed by atoms with van der Waals surface area (Å²) in [5.74, 6) is 0.621. The minimum Gasteiger partial charge on any atom is -0.300 e. The molecule has 2 nitrogen and oxygen atoms in total. The summed E-state index contributed by atoms with van der Waals surface area (Å²) in [6.07, 6.45) is 5.98. The number of benzene rings is 1. The van der Waals surface area contributed by atoms with Gasteiger partial charge in [0.15, 0.2) is 5.78 Å². The van der Waals surface area contributed by atoms with E-state index in [0.717, 1.165) is 24.0 Å². The summed E-state index contributed by atoms with van der Waals surface area (Å²) in [4.78, 5) is 15.4. The SMILES string of the molecule is Cc1ccc(C(=O)C2CC3CCCC(C2)N3C)c(C)c1. The Morgan fingerprint density at radius 1 is 1.15 bits per heavy atom. The first-order valence-corrected chi connectivity index (χ1v) is 7.89. The Morgan fingerprint density at radius 3 is 2.40 bits per heavy atom. The van der Waals surface area contributed by atoms with Crippen LogP contribution in [0.2, 0.25) is 0 Å². The molecular formula is C18H25NO. The lowest BCUT2D eigenvalue weighted by Gasteiger charge is -2.46. The molecule has 3 rings (SSSR count). The van der Waals surface area contributed by atoms with E-state index in [9.17, 15) is 4.79 Å². The topological polar surface area (TPSA) is 20.3 Å². The van der Waals surface area contributed by atoms with Crippen LogP contribution in [0.25, 0.3) is 0 Å². The van der Waals surface area contributed by atoms with Crippen LogP contribution < -0.4 is 0 Å². The second kappa shape index (κ2) is 5.33. The monoisotopic (exact) mass is 271 g/mol. The molecule has 1 aromatic rings. The van der Waals surface area contributed by atoms with Crippen molar-refractivity contribution in [2.45, 2.75) is 58.0 Å². The number of nitrogens with zero attached hydrogens (tertiary/aromatic N) is 1. The highest BCUT2D eigenvalue weighted by Gasteiger charge is 2.38. The summed E-state index contributed by atoms with van der Waals surface area (Å²) in [6, 6.07) is 7.48. The normalized spacial score (nSPS) is 30.2. The van der Waals surface area contributed by atoms with Gasteiger partial charge in [-0.15, -0.1) is 0 Å². The molecule has 108 valence electrons. The minimum atomic E-state index is 0.239. The number of hydrogen-bond donors (Lipinski definition) is 0. The van der Waals surface area contributed by atoms with Crippen LogP contribution in [0.3, 0.4) is 0 Å². The highest BCUT2D eigenvalue weighted by molar-refractivity contribution is 5.99. The molecular weight excluding hydrogens is 246 g/mol. The third-order valence-electron chi connectivity index (χ3n) is 5.36. The Hall–Kier alpha value is -1.15. The fourth-order valence-corrected chi connectivity index (χ4v) is 4.14. The van der Waals surface area contributed by atoms with Gasteiger partial charge in [0.05, 0.1) is 0 Å². The van der Waals surface area contributed by atoms with E-state index in [1.54, 1.807) is 0 Å². The highest BCUT2D eigenvalue weighted by atomic mass is 16.1. The summed E-state index contributed by atoms with van der Waals surface area (Å²) in [5, 5.41) is 0. The Kier molecular flexibility index (Phi) is 3.68. The summed E-state index contributed by atoms with van der Waals surface area (Å²) >= 11 is 0. The number of piperidine rings is 2. The second-order valence-corrected chi connectivity index (χ2v) is 6.75. The maximum atomic E-state index is 12.9. The first-order valence-electron chi connectivity index (χ1n) is 7.89. The van der Waals surface area contributed by atoms with Crippen LogP contribution in [0.4, 0.5) is 0 Å². The third kappa shape index (κ3) is 2.42. The molecule has 0 saturated carbocycles. The van der Waals surface area contributed by atoms with Crippen molar-refractivity contribution in [2.24, 2.45) is 5.92 Å². The first kappa shape index (κ1) is 13.8. The summed E-state index contributed by atoms with van der Waals surface area (Å²) in [6.45, 7) is 4.15. The van der Waals surface area contributed by atoms with Gasteiger partial charge in [0.1, 0.15) is 0 Å². The molecule has 2 fully saturated rings. The fourth-order valence-electron chi connectivity index (χ4n) is 4.14. The average Bonchev–Trinajstić information content (AvgIpc) is 2.37. The first-order chi connectivity index (χ1) is 9.56. The summed E-state index contributed by atoms with van der Waals surface area (Å²) in [7, 11) is 2.24. The van der Waals surface area contributed by atoms with Gasteiger partial charge in [0.2, 0.25) is 0 Å². The lowest BCUT2D eigenvalue weighted by Crippen LogP contribution is -2.51. The molecule has 0 N–H and O–H groups in total. The molecule has 2 heteroatoms. The fraction of sp³-hybridized carbons (Fsp3) is 0.611. The van der Waals surface area contributed by atoms with Crippen LogP contribution in [0.15, 0.2) is 18.2 Å². The average molecular weight is 271 g/mol. The van der Waals surface area contributed by atoms with E-state index in [-0.39, 0.29) is 5.92 Å². The predicted octanol–water partition coefficient (Wildman–Crippen LogP) is 3.75. The van der Waals surface area contributed by atoms with Gasteiger partial charge in [0.25, 0.3) is 0 Å². The quantitative estimate of drug-likeness (QED) is 0.764. The van der Waals surface area contributed by atoms with Gasteiger partial charge in [-0.05, 0) is 52.1 Å². The van der Waals surface area contributed by atoms with Gasteiger partial charge in [-0.1, -0.05) is 30.2 Å². The second-order valence-electron chi connectivity index (χ2n) is 6.75. The van der Waals surface area contributed by atoms with E-state index < -0.39 is 0 Å². The smallest absolute Gasteiger partial charge is 0.166 e. The zero-order valence-corrected chi connectivity index (χ0v) is 12.9. The van der Waals surface area contributed by atoms with Gasteiger partial charge >= 0.3 is 0 Å². The summed E-state index contributed by atoms with van der Waals surface area (Å²) < 4.78 is 0. The van der Waals surface area contributed by atoms with Crippen molar-refractivity contribution < 1.29 is 4.79 Å². The van der Waals surface area contributed by atoms with Gasteiger partial charge in [-0.25, -0.2) is 0 Å². The van der Waals surface area contributed by atoms with Crippen molar-refractivity contribution in [1.82, 2.24) is 4.90 Å². The van der Waals surface area contributed by atoms with E-state index in [1.165, 1.54) is 24.8 Å². The predicted molar refractivity (Wildman–Crippen MR) is 82.2 cm³/mol. The standard InChI is InChI=1S/C18H25NO/c1-12-7-8-17(13(2)9-12)18(20)14-10-15-5-4-6-16(11-14)19(15)3/h7-9,14-16H,4-6,10-11H2,1-3H3. The minimum absolute atomic E-state index is 0.239. The van der Waals surface area contributed by atoms with Crippen molar-refractivity contribution in [3.05, 3.63) is 34.9 Å². The largest absolute Gasteiger partial charge is 0.300 e. The molecule has 2 atom stereocenters.